The van der Waals surface area contributed by atoms with Crippen LogP contribution < -0.4 is 19.7 Å². The molecule has 2 amide bonds. The van der Waals surface area contributed by atoms with Gasteiger partial charge < -0.3 is 24.1 Å². The Morgan fingerprint density at radius 1 is 1.06 bits per heavy atom. The Labute approximate surface area is 202 Å². The number of nitrogens with one attached hydrogen (secondary N) is 1. The van der Waals surface area contributed by atoms with Gasteiger partial charge in [-0.2, -0.15) is 0 Å². The highest BCUT2D eigenvalue weighted by Gasteiger charge is 2.50. The molecule has 1 atom stereocenters. The van der Waals surface area contributed by atoms with Crippen LogP contribution in [0.4, 0.5) is 5.69 Å². The minimum absolute atomic E-state index is 0.0416. The summed E-state index contributed by atoms with van der Waals surface area (Å²) in [6, 6.07) is 14.4. The minimum Gasteiger partial charge on any atom is -0.493 e. The quantitative estimate of drug-likeness (QED) is 0.519. The predicted octanol–water partition coefficient (Wildman–Crippen LogP) is 2.42. The number of anilines is 1. The summed E-state index contributed by atoms with van der Waals surface area (Å²) in [5.74, 6) is -0.827. The van der Waals surface area contributed by atoms with Gasteiger partial charge in [-0.15, -0.1) is 0 Å². The highest BCUT2D eigenvalue weighted by atomic mass is 16.5. The molecule has 2 aromatic carbocycles. The van der Waals surface area contributed by atoms with Crippen LogP contribution in [0.3, 0.4) is 0 Å². The molecule has 0 fully saturated rings. The van der Waals surface area contributed by atoms with E-state index in [1.807, 2.05) is 30.3 Å². The Hall–Kier alpha value is -4.34. The number of benzene rings is 2. The highest BCUT2D eigenvalue weighted by molar-refractivity contribution is 6.15. The molecule has 0 unspecified atom stereocenters. The number of imidazole rings is 1. The lowest BCUT2D eigenvalue weighted by Gasteiger charge is -2.43. The predicted molar refractivity (Wildman–Crippen MR) is 127 cm³/mol. The van der Waals surface area contributed by atoms with Crippen LogP contribution in [0.25, 0.3) is 0 Å². The minimum atomic E-state index is -1.35. The van der Waals surface area contributed by atoms with E-state index in [-0.39, 0.29) is 30.4 Å². The van der Waals surface area contributed by atoms with E-state index in [1.54, 1.807) is 25.1 Å². The molecule has 1 aliphatic heterocycles. The Kier molecular flexibility index (Phi) is 6.46. The average Bonchev–Trinajstić information content (AvgIpc) is 3.30. The smallest absolute Gasteiger partial charge is 0.359 e. The summed E-state index contributed by atoms with van der Waals surface area (Å²) in [5.41, 5.74) is -0.115. The van der Waals surface area contributed by atoms with Crippen molar-refractivity contribution in [1.29, 1.82) is 0 Å². The van der Waals surface area contributed by atoms with Crippen molar-refractivity contribution in [3.63, 3.8) is 0 Å². The number of aromatic nitrogens is 2. The molecule has 0 saturated carbocycles. The molecule has 10 heteroatoms. The van der Waals surface area contributed by atoms with Crippen molar-refractivity contribution in [2.75, 3.05) is 26.2 Å². The topological polar surface area (TPSA) is 112 Å². The first-order chi connectivity index (χ1) is 16.8. The standard InChI is InChI=1S/C25H26N4O6/c1-25(24(32)26-13-16-8-6-5-7-9-16)14-28-15-27-20(23(31)35-4)21(28)22(30)29(25)17-10-11-18(33-2)19(12-17)34-3/h5-12,15H,13-14H2,1-4H3,(H,26,32)/t25-/m1/s1. The maximum atomic E-state index is 13.9. The van der Waals surface area contributed by atoms with Gasteiger partial charge in [-0.1, -0.05) is 30.3 Å². The summed E-state index contributed by atoms with van der Waals surface area (Å²) in [7, 11) is 4.20. The number of esters is 1. The number of fused-ring (bicyclic) bond motifs is 1. The van der Waals surface area contributed by atoms with Gasteiger partial charge in [-0.3, -0.25) is 14.5 Å². The average molecular weight is 479 g/mol. The lowest BCUT2D eigenvalue weighted by atomic mass is 9.93. The van der Waals surface area contributed by atoms with Crippen molar-refractivity contribution in [3.8, 4) is 11.5 Å². The van der Waals surface area contributed by atoms with Crippen LogP contribution in [0.2, 0.25) is 0 Å². The lowest BCUT2D eigenvalue weighted by molar-refractivity contribution is -0.126. The molecule has 4 rings (SSSR count). The summed E-state index contributed by atoms with van der Waals surface area (Å²) in [6.45, 7) is 2.02. The molecular formula is C25H26N4O6. The van der Waals surface area contributed by atoms with Crippen LogP contribution in [0.1, 0.15) is 33.5 Å². The Balaban J connectivity index is 1.80. The zero-order valence-electron chi connectivity index (χ0n) is 19.9. The monoisotopic (exact) mass is 478 g/mol. The third-order valence-electron chi connectivity index (χ3n) is 6.00. The first-order valence-corrected chi connectivity index (χ1v) is 10.9. The number of hydrogen-bond donors (Lipinski definition) is 1. The van der Waals surface area contributed by atoms with Gasteiger partial charge in [0.25, 0.3) is 5.91 Å². The fourth-order valence-electron chi connectivity index (χ4n) is 4.21. The Morgan fingerprint density at radius 2 is 1.77 bits per heavy atom. The first-order valence-electron chi connectivity index (χ1n) is 10.9. The first kappa shape index (κ1) is 23.8. The van der Waals surface area contributed by atoms with Crippen LogP contribution in [0.15, 0.2) is 54.9 Å². The highest BCUT2D eigenvalue weighted by Crippen LogP contribution is 2.38. The van der Waals surface area contributed by atoms with E-state index >= 15 is 0 Å². The van der Waals surface area contributed by atoms with E-state index in [1.165, 1.54) is 37.1 Å². The molecule has 10 nitrogen and oxygen atoms in total. The van der Waals surface area contributed by atoms with Gasteiger partial charge in [0.1, 0.15) is 11.2 Å². The van der Waals surface area contributed by atoms with Crippen LogP contribution in [-0.4, -0.2) is 54.2 Å². The van der Waals surface area contributed by atoms with Crippen LogP contribution >= 0.6 is 0 Å². The Bertz CT molecular complexity index is 1270. The molecule has 2 heterocycles. The van der Waals surface area contributed by atoms with Gasteiger partial charge in [0.2, 0.25) is 5.91 Å². The molecule has 0 radical (unpaired) electrons. The second-order valence-corrected chi connectivity index (χ2v) is 8.18. The van der Waals surface area contributed by atoms with Crippen molar-refractivity contribution in [2.45, 2.75) is 25.6 Å². The third-order valence-corrected chi connectivity index (χ3v) is 6.00. The number of carbonyl (C=O) groups excluding carboxylic acids is 3. The normalized spacial score (nSPS) is 16.9. The van der Waals surface area contributed by atoms with Gasteiger partial charge >= 0.3 is 5.97 Å². The van der Waals surface area contributed by atoms with Gasteiger partial charge in [0.05, 0.1) is 34.2 Å². The molecule has 0 saturated heterocycles. The molecular weight excluding hydrogens is 452 g/mol. The van der Waals surface area contributed by atoms with E-state index in [0.29, 0.717) is 17.2 Å². The van der Waals surface area contributed by atoms with Crippen molar-refractivity contribution in [3.05, 3.63) is 71.8 Å². The summed E-state index contributed by atoms with van der Waals surface area (Å²) in [6.07, 6.45) is 1.37. The summed E-state index contributed by atoms with van der Waals surface area (Å²) >= 11 is 0. The van der Waals surface area contributed by atoms with E-state index in [2.05, 4.69) is 10.3 Å². The van der Waals surface area contributed by atoms with Crippen molar-refractivity contribution in [1.82, 2.24) is 14.9 Å². The molecule has 35 heavy (non-hydrogen) atoms. The molecule has 3 aromatic rings. The number of carbonyl (C=O) groups is 3. The number of amides is 2. The maximum absolute atomic E-state index is 13.9. The fraction of sp³-hybridized carbons (Fsp3) is 0.280. The molecule has 1 aliphatic rings. The zero-order valence-corrected chi connectivity index (χ0v) is 19.9. The molecule has 1 N–H and O–H groups in total. The third kappa shape index (κ3) is 4.18. The van der Waals surface area contributed by atoms with E-state index in [4.69, 9.17) is 14.2 Å². The second kappa shape index (κ2) is 9.49. The number of nitrogens with zero attached hydrogens (tertiary/aromatic N) is 3. The van der Waals surface area contributed by atoms with Crippen molar-refractivity contribution < 1.29 is 28.6 Å². The molecule has 1 aromatic heterocycles. The van der Waals surface area contributed by atoms with Gasteiger partial charge in [0.15, 0.2) is 17.2 Å². The number of hydrogen-bond acceptors (Lipinski definition) is 7. The summed E-state index contributed by atoms with van der Waals surface area (Å²) in [4.78, 5) is 45.2. The number of ether oxygens (including phenoxy) is 3. The van der Waals surface area contributed by atoms with E-state index < -0.39 is 17.4 Å². The molecule has 0 spiro atoms. The van der Waals surface area contributed by atoms with Gasteiger partial charge in [-0.25, -0.2) is 9.78 Å². The van der Waals surface area contributed by atoms with Crippen LogP contribution in [0, 0.1) is 0 Å². The van der Waals surface area contributed by atoms with Crippen molar-refractivity contribution in [2.24, 2.45) is 0 Å². The van der Waals surface area contributed by atoms with Crippen LogP contribution in [-0.2, 0) is 22.6 Å². The SMILES string of the molecule is COC(=O)c1ncn2c1C(=O)N(c1ccc(OC)c(OC)c1)[C@@](C)(C(=O)NCc1ccccc1)C2. The summed E-state index contributed by atoms with van der Waals surface area (Å²) < 4.78 is 17.0. The molecule has 0 bridgehead atoms. The maximum Gasteiger partial charge on any atom is 0.359 e. The van der Waals surface area contributed by atoms with E-state index in [0.717, 1.165) is 5.56 Å². The molecule has 182 valence electrons. The number of rotatable bonds is 7. The second-order valence-electron chi connectivity index (χ2n) is 8.18. The van der Waals surface area contributed by atoms with Gasteiger partial charge in [0, 0.05) is 18.3 Å². The molecule has 0 aliphatic carbocycles. The number of methoxy groups -OCH3 is 3. The van der Waals surface area contributed by atoms with Crippen molar-refractivity contribution >= 4 is 23.5 Å². The fourth-order valence-corrected chi connectivity index (χ4v) is 4.21. The van der Waals surface area contributed by atoms with E-state index in [9.17, 15) is 14.4 Å². The van der Waals surface area contributed by atoms with Gasteiger partial charge in [-0.05, 0) is 24.6 Å². The lowest BCUT2D eigenvalue weighted by Crippen LogP contribution is -2.64. The Morgan fingerprint density at radius 3 is 2.43 bits per heavy atom. The summed E-state index contributed by atoms with van der Waals surface area (Å²) in [5, 5.41) is 2.94. The zero-order chi connectivity index (χ0) is 25.2. The largest absolute Gasteiger partial charge is 0.493 e. The van der Waals surface area contributed by atoms with Crippen LogP contribution in [0.5, 0.6) is 11.5 Å².